The summed E-state index contributed by atoms with van der Waals surface area (Å²) in [6.45, 7) is 0. The normalized spacial score (nSPS) is 12.8. The maximum atomic E-state index is 11.2. The quantitative estimate of drug-likeness (QED) is 0.170. The molecule has 0 unspecified atom stereocenters. The lowest BCUT2D eigenvalue weighted by Gasteiger charge is -2.29. The lowest BCUT2D eigenvalue weighted by atomic mass is 10.2. The Balaban J connectivity index is 1.55. The molecule has 0 N–H and O–H groups in total. The van der Waals surface area contributed by atoms with Gasteiger partial charge < -0.3 is 24.3 Å². The maximum Gasteiger partial charge on any atom is 0.269 e. The molecule has 1 aliphatic heterocycles. The molecule has 210 valence electrons. The minimum absolute atomic E-state index is 0.0128. The Morgan fingerprint density at radius 3 is 1.29 bits per heavy atom. The van der Waals surface area contributed by atoms with E-state index in [1.165, 1.54) is 12.1 Å². The Morgan fingerprint density at radius 1 is 0.548 bits per heavy atom. The van der Waals surface area contributed by atoms with Crippen molar-refractivity contribution in [3.63, 3.8) is 0 Å². The van der Waals surface area contributed by atoms with Gasteiger partial charge in [0.2, 0.25) is 0 Å². The first kappa shape index (κ1) is 26.5. The summed E-state index contributed by atoms with van der Waals surface area (Å²) in [6.07, 6.45) is 0. The second kappa shape index (κ2) is 10.7. The van der Waals surface area contributed by atoms with Gasteiger partial charge in [0, 0.05) is 40.3 Å². The molecule has 0 atom stereocenters. The number of nitro groups is 1. The lowest BCUT2D eigenvalue weighted by Crippen LogP contribution is -2.20. The first-order chi connectivity index (χ1) is 20.3. The van der Waals surface area contributed by atoms with Gasteiger partial charge in [0.05, 0.1) is 16.3 Å². The highest BCUT2D eigenvalue weighted by Crippen LogP contribution is 2.44. The number of pyridine rings is 3. The van der Waals surface area contributed by atoms with Crippen molar-refractivity contribution in [2.45, 2.75) is 0 Å². The largest absolute Gasteiger partial charge is 0.453 e. The molecule has 4 heterocycles. The van der Waals surface area contributed by atoms with E-state index in [0.717, 1.165) is 23.0 Å². The van der Waals surface area contributed by atoms with Gasteiger partial charge in [0.15, 0.2) is 5.75 Å². The molecule has 5 aromatic rings. The second-order valence-corrected chi connectivity index (χ2v) is 9.78. The number of nitro benzene ring substituents is 1. The molecule has 11 nitrogen and oxygen atoms in total. The van der Waals surface area contributed by atoms with Crippen molar-refractivity contribution in [2.75, 3.05) is 47.8 Å². The van der Waals surface area contributed by atoms with Crippen molar-refractivity contribution in [1.29, 1.82) is 0 Å². The Morgan fingerprint density at radius 2 is 0.905 bits per heavy atom. The zero-order valence-corrected chi connectivity index (χ0v) is 23.5. The van der Waals surface area contributed by atoms with Crippen LogP contribution in [0.3, 0.4) is 0 Å². The maximum absolute atomic E-state index is 11.2. The number of non-ortho nitro benzene ring substituents is 1. The molecule has 0 spiro atoms. The van der Waals surface area contributed by atoms with Crippen molar-refractivity contribution >= 4 is 52.0 Å². The topological polar surface area (TPSA) is 104 Å². The number of aromatic nitrogens is 3. The van der Waals surface area contributed by atoms with Crippen LogP contribution in [0.4, 0.5) is 52.0 Å². The lowest BCUT2D eigenvalue weighted by molar-refractivity contribution is -0.384. The van der Waals surface area contributed by atoms with Crippen LogP contribution in [0.2, 0.25) is 0 Å². The van der Waals surface area contributed by atoms with Crippen LogP contribution in [-0.2, 0) is 0 Å². The molecule has 0 amide bonds. The van der Waals surface area contributed by atoms with Gasteiger partial charge in [0.1, 0.15) is 40.7 Å². The Bertz CT molecular complexity index is 1690. The number of rotatable bonds is 3. The van der Waals surface area contributed by atoms with Gasteiger partial charge in [-0.25, -0.2) is 15.0 Å². The number of nitrogens with zero attached hydrogens (tertiary/aromatic N) is 8. The Kier molecular flexibility index (Phi) is 6.75. The van der Waals surface area contributed by atoms with Gasteiger partial charge in [-0.3, -0.25) is 10.1 Å². The van der Waals surface area contributed by atoms with Crippen LogP contribution in [0, 0.1) is 10.1 Å². The van der Waals surface area contributed by atoms with Crippen molar-refractivity contribution < 1.29 is 9.66 Å². The fourth-order valence-electron chi connectivity index (χ4n) is 4.74. The number of hydrogen-bond acceptors (Lipinski definition) is 10. The predicted octanol–water partition coefficient (Wildman–Crippen LogP) is 6.96. The highest BCUT2D eigenvalue weighted by atomic mass is 16.6. The average Bonchev–Trinajstić information content (AvgIpc) is 3.03. The zero-order chi connectivity index (χ0) is 29.4. The molecule has 0 saturated heterocycles. The monoisotopic (exact) mass is 560 g/mol. The highest BCUT2D eigenvalue weighted by Gasteiger charge is 2.22. The third-order valence-corrected chi connectivity index (χ3v) is 7.18. The molecular weight excluding hydrogens is 532 g/mol. The predicted molar refractivity (Wildman–Crippen MR) is 165 cm³/mol. The molecule has 0 fully saturated rings. The van der Waals surface area contributed by atoms with Gasteiger partial charge in [-0.2, -0.15) is 0 Å². The minimum atomic E-state index is -0.434. The standard InChI is InChI=1S/C31H28N8O3/c1-35-23-9-5-10-24(31(23)42-22-19-17-21(18-20-22)39(40)41)36(2)26-12-7-14-28(33-26)38(4)30-16-8-15-29(34-30)37(3)27-13-6-11-25(35)32-27/h5-20H,1-4H3. The van der Waals surface area contributed by atoms with Crippen LogP contribution in [0.5, 0.6) is 11.5 Å². The van der Waals surface area contributed by atoms with Gasteiger partial charge in [-0.05, 0) is 60.7 Å². The molecule has 0 saturated carbocycles. The van der Waals surface area contributed by atoms with Crippen LogP contribution < -0.4 is 24.3 Å². The highest BCUT2D eigenvalue weighted by molar-refractivity contribution is 5.80. The summed E-state index contributed by atoms with van der Waals surface area (Å²) >= 11 is 0. The molecule has 6 rings (SSSR count). The Labute approximate surface area is 243 Å². The van der Waals surface area contributed by atoms with Gasteiger partial charge in [0.25, 0.3) is 5.69 Å². The first-order valence-corrected chi connectivity index (χ1v) is 13.2. The zero-order valence-electron chi connectivity index (χ0n) is 23.5. The number of benzene rings is 2. The number of fused-ring (bicyclic) bond motifs is 8. The smallest absolute Gasteiger partial charge is 0.269 e. The molecule has 11 heteroatoms. The summed E-state index contributed by atoms with van der Waals surface area (Å²) in [6, 6.07) is 29.3. The summed E-state index contributed by atoms with van der Waals surface area (Å²) in [4.78, 5) is 33.4. The summed E-state index contributed by atoms with van der Waals surface area (Å²) in [5, 5.41) is 11.2. The van der Waals surface area contributed by atoms with E-state index in [0.29, 0.717) is 34.8 Å². The van der Waals surface area contributed by atoms with Crippen molar-refractivity contribution in [3.8, 4) is 11.5 Å². The number of ether oxygens (including phenoxy) is 1. The van der Waals surface area contributed by atoms with Crippen molar-refractivity contribution in [2.24, 2.45) is 0 Å². The molecule has 2 aromatic carbocycles. The number of para-hydroxylation sites is 1. The van der Waals surface area contributed by atoms with Crippen LogP contribution >= 0.6 is 0 Å². The molecular formula is C31H28N8O3. The molecule has 0 radical (unpaired) electrons. The van der Waals surface area contributed by atoms with Crippen molar-refractivity contribution in [1.82, 2.24) is 15.0 Å². The summed E-state index contributed by atoms with van der Waals surface area (Å²) in [5.74, 6) is 5.26. The van der Waals surface area contributed by atoms with Gasteiger partial charge in [-0.15, -0.1) is 0 Å². The Hall–Kier alpha value is -5.71. The van der Waals surface area contributed by atoms with E-state index in [1.807, 2.05) is 121 Å². The van der Waals surface area contributed by atoms with E-state index in [4.69, 9.17) is 19.7 Å². The third kappa shape index (κ3) is 4.87. The molecule has 0 aliphatic carbocycles. The summed E-state index contributed by atoms with van der Waals surface area (Å²) in [5.41, 5.74) is 1.47. The molecule has 3 aromatic heterocycles. The number of anilines is 8. The molecule has 8 bridgehead atoms. The SMILES string of the molecule is CN1c2cccc(n2)N(C)c2cccc(n2)N(C)c2cccc(c2Oc2ccc([N+](=O)[O-])cc2)N(C)c2cccc1n2. The summed E-state index contributed by atoms with van der Waals surface area (Å²) in [7, 11) is 7.70. The van der Waals surface area contributed by atoms with E-state index in [1.54, 1.807) is 12.1 Å². The second-order valence-electron chi connectivity index (χ2n) is 9.78. The molecule has 1 aliphatic rings. The van der Waals surface area contributed by atoms with E-state index >= 15 is 0 Å². The third-order valence-electron chi connectivity index (χ3n) is 7.18. The fraction of sp³-hybridized carbons (Fsp3) is 0.129. The van der Waals surface area contributed by atoms with Gasteiger partial charge in [-0.1, -0.05) is 24.3 Å². The fourth-order valence-corrected chi connectivity index (χ4v) is 4.74. The van der Waals surface area contributed by atoms with Crippen LogP contribution in [-0.4, -0.2) is 48.1 Å². The van der Waals surface area contributed by atoms with E-state index in [2.05, 4.69) is 0 Å². The minimum Gasteiger partial charge on any atom is -0.453 e. The average molecular weight is 561 g/mol. The van der Waals surface area contributed by atoms with Crippen LogP contribution in [0.15, 0.2) is 97.1 Å². The number of hydrogen-bond donors (Lipinski definition) is 0. The van der Waals surface area contributed by atoms with E-state index in [-0.39, 0.29) is 5.69 Å². The summed E-state index contributed by atoms with van der Waals surface area (Å²) < 4.78 is 6.49. The van der Waals surface area contributed by atoms with E-state index < -0.39 is 4.92 Å². The van der Waals surface area contributed by atoms with Gasteiger partial charge >= 0.3 is 0 Å². The van der Waals surface area contributed by atoms with Crippen molar-refractivity contribution in [3.05, 3.63) is 107 Å². The van der Waals surface area contributed by atoms with Crippen LogP contribution in [0.25, 0.3) is 0 Å². The molecule has 42 heavy (non-hydrogen) atoms. The first-order valence-electron chi connectivity index (χ1n) is 13.2. The van der Waals surface area contributed by atoms with E-state index in [9.17, 15) is 10.1 Å². The van der Waals surface area contributed by atoms with Crippen LogP contribution in [0.1, 0.15) is 0 Å².